The maximum absolute atomic E-state index is 14.0. The Morgan fingerprint density at radius 1 is 0.816 bits per heavy atom. The van der Waals surface area contributed by atoms with E-state index in [9.17, 15) is 14.4 Å². The van der Waals surface area contributed by atoms with Gasteiger partial charge in [-0.3, -0.25) is 9.59 Å². The minimum absolute atomic E-state index is 0.146. The Kier molecular flexibility index (Phi) is 7.11. The van der Waals surface area contributed by atoms with Gasteiger partial charge in [0.2, 0.25) is 0 Å². The van der Waals surface area contributed by atoms with Gasteiger partial charge in [0.05, 0.1) is 18.0 Å². The number of pyridine rings is 1. The number of anilines is 1. The van der Waals surface area contributed by atoms with Gasteiger partial charge in [-0.05, 0) is 49.7 Å². The molecule has 3 aromatic carbocycles. The van der Waals surface area contributed by atoms with Crippen molar-refractivity contribution in [1.82, 2.24) is 4.98 Å². The molecule has 5 aromatic rings. The minimum atomic E-state index is -0.613. The molecule has 2 amide bonds. The zero-order valence-corrected chi connectivity index (χ0v) is 21.7. The van der Waals surface area contributed by atoms with Crippen LogP contribution in [-0.2, 0) is 4.74 Å². The fourth-order valence-corrected chi connectivity index (χ4v) is 5.41. The van der Waals surface area contributed by atoms with Crippen LogP contribution in [0.15, 0.2) is 97.1 Å². The maximum Gasteiger partial charge on any atom is 0.350 e. The van der Waals surface area contributed by atoms with Gasteiger partial charge < -0.3 is 4.74 Å². The molecule has 0 aliphatic rings. The summed E-state index contributed by atoms with van der Waals surface area (Å²) in [6, 6.07) is 28.7. The van der Waals surface area contributed by atoms with Crippen LogP contribution in [0.25, 0.3) is 21.5 Å². The number of hydrogen-bond donors (Lipinski definition) is 0. The van der Waals surface area contributed by atoms with Crippen LogP contribution in [0.1, 0.15) is 42.9 Å². The zero-order chi connectivity index (χ0) is 26.6. The maximum atomic E-state index is 14.0. The number of benzene rings is 3. The SMILES string of the molecule is CCOC(=O)c1sc2nc(-c3ccccc3)cc(C)c2c1N(C(=O)c1ccccc1)C(=O)c1ccccc1. The molecule has 2 aromatic heterocycles. The van der Waals surface area contributed by atoms with Gasteiger partial charge in [0.15, 0.2) is 0 Å². The smallest absolute Gasteiger partial charge is 0.350 e. The number of rotatable bonds is 6. The normalized spacial score (nSPS) is 10.8. The summed E-state index contributed by atoms with van der Waals surface area (Å²) in [6.45, 7) is 3.75. The molecule has 188 valence electrons. The average Bonchev–Trinajstić information content (AvgIpc) is 3.34. The molecule has 2 heterocycles. The summed E-state index contributed by atoms with van der Waals surface area (Å²) in [5.41, 5.74) is 3.25. The van der Waals surface area contributed by atoms with Gasteiger partial charge in [-0.2, -0.15) is 0 Å². The predicted molar refractivity (Wildman–Crippen MR) is 150 cm³/mol. The minimum Gasteiger partial charge on any atom is -0.462 e. The van der Waals surface area contributed by atoms with Crippen molar-refractivity contribution >= 4 is 45.0 Å². The monoisotopic (exact) mass is 520 g/mol. The summed E-state index contributed by atoms with van der Waals surface area (Å²) < 4.78 is 5.37. The fourth-order valence-electron chi connectivity index (χ4n) is 4.28. The zero-order valence-electron chi connectivity index (χ0n) is 20.9. The number of aromatic nitrogens is 1. The number of amides is 2. The molecule has 0 saturated heterocycles. The average molecular weight is 521 g/mol. The third-order valence-corrected chi connectivity index (χ3v) is 7.09. The third kappa shape index (κ3) is 4.71. The van der Waals surface area contributed by atoms with Crippen molar-refractivity contribution in [3.8, 4) is 11.3 Å². The number of fused-ring (bicyclic) bond motifs is 1. The first-order valence-electron chi connectivity index (χ1n) is 12.1. The lowest BCUT2D eigenvalue weighted by Gasteiger charge is -2.22. The highest BCUT2D eigenvalue weighted by Gasteiger charge is 2.34. The molecule has 0 unspecified atom stereocenters. The number of carbonyl (C=O) groups excluding carboxylic acids is 3. The van der Waals surface area contributed by atoms with E-state index in [1.54, 1.807) is 67.6 Å². The van der Waals surface area contributed by atoms with E-state index < -0.39 is 17.8 Å². The van der Waals surface area contributed by atoms with Crippen LogP contribution in [0.5, 0.6) is 0 Å². The molecule has 0 bridgehead atoms. The Morgan fingerprint density at radius 2 is 1.34 bits per heavy atom. The number of imide groups is 1. The van der Waals surface area contributed by atoms with Crippen LogP contribution in [0, 0.1) is 6.92 Å². The lowest BCUT2D eigenvalue weighted by atomic mass is 10.0. The summed E-state index contributed by atoms with van der Waals surface area (Å²) >= 11 is 1.12. The largest absolute Gasteiger partial charge is 0.462 e. The first-order valence-corrected chi connectivity index (χ1v) is 13.0. The number of nitrogens with zero attached hydrogens (tertiary/aromatic N) is 2. The van der Waals surface area contributed by atoms with Crippen molar-refractivity contribution in [1.29, 1.82) is 0 Å². The molecule has 0 saturated carbocycles. The summed E-state index contributed by atoms with van der Waals surface area (Å²) in [5, 5.41) is 0.561. The quantitative estimate of drug-likeness (QED) is 0.179. The van der Waals surface area contributed by atoms with Crippen molar-refractivity contribution < 1.29 is 19.1 Å². The van der Waals surface area contributed by atoms with Gasteiger partial charge in [0.1, 0.15) is 9.71 Å². The van der Waals surface area contributed by atoms with Gasteiger partial charge >= 0.3 is 5.97 Å². The number of thiophene rings is 1. The Morgan fingerprint density at radius 3 is 1.87 bits per heavy atom. The van der Waals surface area contributed by atoms with E-state index in [2.05, 4.69) is 0 Å². The Bertz CT molecular complexity index is 1580. The van der Waals surface area contributed by atoms with Crippen LogP contribution in [0.3, 0.4) is 0 Å². The summed E-state index contributed by atoms with van der Waals surface area (Å²) in [4.78, 5) is 47.8. The van der Waals surface area contributed by atoms with Crippen molar-refractivity contribution in [2.24, 2.45) is 0 Å². The van der Waals surface area contributed by atoms with Crippen LogP contribution >= 0.6 is 11.3 Å². The van der Waals surface area contributed by atoms with Crippen LogP contribution in [0.4, 0.5) is 5.69 Å². The van der Waals surface area contributed by atoms with Gasteiger partial charge in [-0.1, -0.05) is 66.7 Å². The number of ether oxygens (including phenoxy) is 1. The lowest BCUT2D eigenvalue weighted by Crippen LogP contribution is -2.38. The Balaban J connectivity index is 1.79. The van der Waals surface area contributed by atoms with E-state index in [0.29, 0.717) is 21.3 Å². The molecule has 38 heavy (non-hydrogen) atoms. The number of hydrogen-bond acceptors (Lipinski definition) is 6. The molecule has 0 radical (unpaired) electrons. The molecule has 0 aliphatic carbocycles. The number of carbonyl (C=O) groups is 3. The molecule has 0 N–H and O–H groups in total. The van der Waals surface area contributed by atoms with Crippen molar-refractivity contribution in [2.75, 3.05) is 11.5 Å². The van der Waals surface area contributed by atoms with Crippen LogP contribution < -0.4 is 4.90 Å². The van der Waals surface area contributed by atoms with Gasteiger partial charge in [0, 0.05) is 22.1 Å². The van der Waals surface area contributed by atoms with E-state index >= 15 is 0 Å². The molecule has 6 nitrogen and oxygen atoms in total. The highest BCUT2D eigenvalue weighted by Crippen LogP contribution is 2.42. The second-order valence-electron chi connectivity index (χ2n) is 8.55. The van der Waals surface area contributed by atoms with Crippen molar-refractivity contribution in [3.05, 3.63) is 119 Å². The summed E-state index contributed by atoms with van der Waals surface area (Å²) in [6.07, 6.45) is 0. The van der Waals surface area contributed by atoms with Crippen LogP contribution in [-0.4, -0.2) is 29.4 Å². The Labute approximate surface area is 224 Å². The molecule has 0 spiro atoms. The van der Waals surface area contributed by atoms with Crippen LogP contribution in [0.2, 0.25) is 0 Å². The van der Waals surface area contributed by atoms with E-state index in [1.807, 2.05) is 43.3 Å². The molecule has 5 rings (SSSR count). The predicted octanol–water partition coefficient (Wildman–Crippen LogP) is 6.94. The van der Waals surface area contributed by atoms with E-state index in [-0.39, 0.29) is 17.2 Å². The van der Waals surface area contributed by atoms with Crippen molar-refractivity contribution in [2.45, 2.75) is 13.8 Å². The lowest BCUT2D eigenvalue weighted by molar-refractivity contribution is 0.0533. The fraction of sp³-hybridized carbons (Fsp3) is 0.0968. The second-order valence-corrected chi connectivity index (χ2v) is 9.55. The molecule has 0 fully saturated rings. The molecule has 0 atom stereocenters. The Hall–Kier alpha value is -4.62. The first-order chi connectivity index (χ1) is 18.5. The van der Waals surface area contributed by atoms with E-state index in [4.69, 9.17) is 9.72 Å². The summed E-state index contributed by atoms with van der Waals surface area (Å²) in [5.74, 6) is -1.70. The molecule has 0 aliphatic heterocycles. The molecular formula is C31H24N2O4S. The summed E-state index contributed by atoms with van der Waals surface area (Å²) in [7, 11) is 0. The standard InChI is InChI=1S/C31H24N2O4S/c1-3-37-31(36)27-26(25-20(2)19-24(32-28(25)38-27)21-13-7-4-8-14-21)33(29(34)22-15-9-5-10-16-22)30(35)23-17-11-6-12-18-23/h4-19H,3H2,1-2H3. The van der Waals surface area contributed by atoms with E-state index in [1.165, 1.54) is 0 Å². The molecule has 7 heteroatoms. The molecular weight excluding hydrogens is 496 g/mol. The van der Waals surface area contributed by atoms with Gasteiger partial charge in [-0.25, -0.2) is 14.7 Å². The first kappa shape index (κ1) is 25.0. The topological polar surface area (TPSA) is 76.6 Å². The number of aryl methyl sites for hydroxylation is 1. The van der Waals surface area contributed by atoms with E-state index in [0.717, 1.165) is 33.1 Å². The second kappa shape index (κ2) is 10.8. The van der Waals surface area contributed by atoms with Gasteiger partial charge in [0.25, 0.3) is 11.8 Å². The number of esters is 1. The highest BCUT2D eigenvalue weighted by atomic mass is 32.1. The van der Waals surface area contributed by atoms with Crippen molar-refractivity contribution in [3.63, 3.8) is 0 Å². The highest BCUT2D eigenvalue weighted by molar-refractivity contribution is 7.21. The third-order valence-electron chi connectivity index (χ3n) is 6.04. The van der Waals surface area contributed by atoms with Gasteiger partial charge in [-0.15, -0.1) is 11.3 Å².